The Morgan fingerprint density at radius 2 is 1.81 bits per heavy atom. The molecule has 2 aliphatic heterocycles. The summed E-state index contributed by atoms with van der Waals surface area (Å²) in [6.07, 6.45) is 3.76. The topological polar surface area (TPSA) is 29.5 Å². The Balaban J connectivity index is 1.77. The first-order chi connectivity index (χ1) is 13.0. The average Bonchev–Trinajstić information content (AvgIpc) is 2.95. The second kappa shape index (κ2) is 7.33. The fraction of sp³-hybridized carbons (Fsp3) is 0.182. The monoisotopic (exact) mass is 393 g/mol. The highest BCUT2D eigenvalue weighted by Gasteiger charge is 2.35. The maximum atomic E-state index is 12.8. The van der Waals surface area contributed by atoms with Crippen LogP contribution < -0.4 is 4.74 Å². The molecule has 0 spiro atoms. The van der Waals surface area contributed by atoms with Crippen LogP contribution in [0.1, 0.15) is 31.1 Å². The molecule has 1 saturated heterocycles. The molecule has 1 unspecified atom stereocenters. The van der Waals surface area contributed by atoms with Gasteiger partial charge < -0.3 is 4.74 Å². The van der Waals surface area contributed by atoms with Crippen molar-refractivity contribution >= 4 is 40.3 Å². The Labute approximate surface area is 168 Å². The number of thiocarbonyl (C=S) groups is 1. The summed E-state index contributed by atoms with van der Waals surface area (Å²) >= 11 is 6.76. The molecule has 1 amide bonds. The molecule has 2 heterocycles. The molecule has 3 nitrogen and oxygen atoms in total. The van der Waals surface area contributed by atoms with E-state index in [1.165, 1.54) is 11.8 Å². The van der Waals surface area contributed by atoms with Gasteiger partial charge in [-0.25, -0.2) is 0 Å². The summed E-state index contributed by atoms with van der Waals surface area (Å²) in [5.74, 6) is 0.810. The lowest BCUT2D eigenvalue weighted by molar-refractivity contribution is -0.123. The van der Waals surface area contributed by atoms with E-state index in [0.29, 0.717) is 9.23 Å². The number of carbonyl (C=O) groups excluding carboxylic acids is 1. The van der Waals surface area contributed by atoms with Crippen molar-refractivity contribution in [3.8, 4) is 5.75 Å². The van der Waals surface area contributed by atoms with Crippen molar-refractivity contribution in [3.05, 3.63) is 82.3 Å². The fourth-order valence-corrected chi connectivity index (χ4v) is 4.76. The zero-order valence-electron chi connectivity index (χ0n) is 15.1. The zero-order chi connectivity index (χ0) is 19.0. The van der Waals surface area contributed by atoms with Crippen LogP contribution in [-0.2, 0) is 4.79 Å². The average molecular weight is 394 g/mol. The molecule has 1 fully saturated rings. The van der Waals surface area contributed by atoms with Gasteiger partial charge in [0.25, 0.3) is 5.91 Å². The molecule has 1 atom stereocenters. The minimum atomic E-state index is -0.260. The van der Waals surface area contributed by atoms with Gasteiger partial charge in [0.15, 0.2) is 0 Å². The van der Waals surface area contributed by atoms with Crippen molar-refractivity contribution in [1.29, 1.82) is 0 Å². The Bertz CT molecular complexity index is 963. The normalized spacial score (nSPS) is 20.7. The van der Waals surface area contributed by atoms with E-state index in [1.807, 2.05) is 74.5 Å². The fourth-order valence-electron chi connectivity index (χ4n) is 3.24. The molecule has 0 bridgehead atoms. The summed E-state index contributed by atoms with van der Waals surface area (Å²) in [6.45, 7) is 3.94. The lowest BCUT2D eigenvalue weighted by Crippen LogP contribution is -2.34. The molecule has 2 aromatic carbocycles. The molecule has 136 valence electrons. The van der Waals surface area contributed by atoms with E-state index in [2.05, 4.69) is 6.08 Å². The van der Waals surface area contributed by atoms with Gasteiger partial charge in [-0.2, -0.15) is 0 Å². The SMILES string of the molecule is CC(C)N1C(=O)C(=CC2=Cc3ccccc3OC2c2ccccc2)SC1=S. The van der Waals surface area contributed by atoms with Gasteiger partial charge in [0.1, 0.15) is 16.2 Å². The number of thioether (sulfide) groups is 1. The molecule has 27 heavy (non-hydrogen) atoms. The molecule has 5 heteroatoms. The van der Waals surface area contributed by atoms with Crippen molar-refractivity contribution < 1.29 is 9.53 Å². The van der Waals surface area contributed by atoms with Gasteiger partial charge in [0, 0.05) is 11.6 Å². The maximum Gasteiger partial charge on any atom is 0.266 e. The summed E-state index contributed by atoms with van der Waals surface area (Å²) in [5, 5.41) is 0. The lowest BCUT2D eigenvalue weighted by atomic mass is 9.95. The van der Waals surface area contributed by atoms with E-state index in [0.717, 1.165) is 22.4 Å². The molecule has 4 rings (SSSR count). The molecule has 0 aliphatic carbocycles. The van der Waals surface area contributed by atoms with Crippen molar-refractivity contribution in [2.24, 2.45) is 0 Å². The van der Waals surface area contributed by atoms with E-state index in [9.17, 15) is 4.79 Å². The highest BCUT2D eigenvalue weighted by molar-refractivity contribution is 8.26. The van der Waals surface area contributed by atoms with Gasteiger partial charge >= 0.3 is 0 Å². The Kier molecular flexibility index (Phi) is 4.89. The highest BCUT2D eigenvalue weighted by Crippen LogP contribution is 2.41. The van der Waals surface area contributed by atoms with Crippen LogP contribution in [0.3, 0.4) is 0 Å². The van der Waals surface area contributed by atoms with Crippen molar-refractivity contribution in [3.63, 3.8) is 0 Å². The van der Waals surface area contributed by atoms with Crippen molar-refractivity contribution in [2.75, 3.05) is 0 Å². The minimum absolute atomic E-state index is 0.0356. The number of rotatable bonds is 3. The Morgan fingerprint density at radius 3 is 2.52 bits per heavy atom. The van der Waals surface area contributed by atoms with Crippen molar-refractivity contribution in [1.82, 2.24) is 4.90 Å². The second-order valence-corrected chi connectivity index (χ2v) is 8.41. The number of para-hydroxylation sites is 1. The number of hydrogen-bond acceptors (Lipinski definition) is 4. The second-order valence-electron chi connectivity index (χ2n) is 6.74. The van der Waals surface area contributed by atoms with Gasteiger partial charge in [-0.3, -0.25) is 9.69 Å². The maximum absolute atomic E-state index is 12.8. The van der Waals surface area contributed by atoms with Crippen LogP contribution in [0.4, 0.5) is 0 Å². The first-order valence-corrected chi connectivity index (χ1v) is 10.1. The van der Waals surface area contributed by atoms with E-state index in [4.69, 9.17) is 17.0 Å². The standard InChI is InChI=1S/C22H19NO2S2/c1-14(2)23-21(24)19(27-22(23)26)13-17-12-16-10-6-7-11-18(16)25-20(17)15-8-4-3-5-9-15/h3-14,20H,1-2H3. The summed E-state index contributed by atoms with van der Waals surface area (Å²) in [4.78, 5) is 15.1. The number of ether oxygens (including phenoxy) is 1. The molecular formula is C22H19NO2S2. The van der Waals surface area contributed by atoms with E-state index < -0.39 is 0 Å². The van der Waals surface area contributed by atoms with Crippen LogP contribution in [0.5, 0.6) is 5.75 Å². The van der Waals surface area contributed by atoms with Crippen molar-refractivity contribution in [2.45, 2.75) is 26.0 Å². The predicted octanol–water partition coefficient (Wildman–Crippen LogP) is 5.36. The van der Waals surface area contributed by atoms with Gasteiger partial charge in [-0.1, -0.05) is 72.5 Å². The number of hydrogen-bond donors (Lipinski definition) is 0. The number of benzene rings is 2. The first-order valence-electron chi connectivity index (χ1n) is 8.84. The largest absolute Gasteiger partial charge is 0.480 e. The quantitative estimate of drug-likeness (QED) is 0.519. The third-order valence-electron chi connectivity index (χ3n) is 4.53. The Morgan fingerprint density at radius 1 is 1.11 bits per heavy atom. The van der Waals surface area contributed by atoms with E-state index in [-0.39, 0.29) is 18.1 Å². The summed E-state index contributed by atoms with van der Waals surface area (Å²) in [5.41, 5.74) is 3.01. The predicted molar refractivity (Wildman–Crippen MR) is 114 cm³/mol. The summed E-state index contributed by atoms with van der Waals surface area (Å²) in [6, 6.07) is 18.0. The van der Waals surface area contributed by atoms with Crippen LogP contribution in [-0.4, -0.2) is 21.2 Å². The number of carbonyl (C=O) groups is 1. The van der Waals surface area contributed by atoms with Gasteiger partial charge in [0.2, 0.25) is 0 Å². The van der Waals surface area contributed by atoms with Crippen LogP contribution in [0.2, 0.25) is 0 Å². The smallest absolute Gasteiger partial charge is 0.266 e. The van der Waals surface area contributed by atoms with Gasteiger partial charge in [-0.05, 0) is 43.2 Å². The van der Waals surface area contributed by atoms with Crippen LogP contribution >= 0.6 is 24.0 Å². The number of nitrogens with zero attached hydrogens (tertiary/aromatic N) is 1. The lowest BCUT2D eigenvalue weighted by Gasteiger charge is -2.26. The molecule has 0 N–H and O–H groups in total. The third kappa shape index (κ3) is 3.45. The molecule has 0 radical (unpaired) electrons. The van der Waals surface area contributed by atoms with Crippen LogP contribution in [0, 0.1) is 0 Å². The third-order valence-corrected chi connectivity index (χ3v) is 5.86. The highest BCUT2D eigenvalue weighted by atomic mass is 32.2. The zero-order valence-corrected chi connectivity index (χ0v) is 16.7. The molecule has 2 aromatic rings. The summed E-state index contributed by atoms with van der Waals surface area (Å²) in [7, 11) is 0. The number of fused-ring (bicyclic) bond motifs is 1. The molecular weight excluding hydrogens is 374 g/mol. The van der Waals surface area contributed by atoms with Gasteiger partial charge in [0.05, 0.1) is 4.91 Å². The number of amides is 1. The molecule has 2 aliphatic rings. The minimum Gasteiger partial charge on any atom is -0.480 e. The van der Waals surface area contributed by atoms with Gasteiger partial charge in [-0.15, -0.1) is 0 Å². The molecule has 0 aromatic heterocycles. The van der Waals surface area contributed by atoms with E-state index in [1.54, 1.807) is 4.90 Å². The summed E-state index contributed by atoms with van der Waals surface area (Å²) < 4.78 is 6.90. The van der Waals surface area contributed by atoms with E-state index >= 15 is 0 Å². The molecule has 0 saturated carbocycles. The van der Waals surface area contributed by atoms with Crippen LogP contribution in [0.15, 0.2) is 71.2 Å². The first kappa shape index (κ1) is 18.0. The Hall–Kier alpha value is -2.37. The van der Waals surface area contributed by atoms with Crippen LogP contribution in [0.25, 0.3) is 6.08 Å².